The summed E-state index contributed by atoms with van der Waals surface area (Å²) in [5.74, 6) is 0.0645. The van der Waals surface area contributed by atoms with E-state index in [9.17, 15) is 13.2 Å². The van der Waals surface area contributed by atoms with E-state index in [1.807, 2.05) is 13.8 Å². The Morgan fingerprint density at radius 3 is 2.50 bits per heavy atom. The molecule has 0 fully saturated rings. The minimum atomic E-state index is -3.67. The van der Waals surface area contributed by atoms with Crippen LogP contribution in [-0.4, -0.2) is 31.2 Å². The third-order valence-electron chi connectivity index (χ3n) is 2.62. The standard InChI is InChI=1S/C11H18N2O4S/c1-8(2)10(5-6-14)13-18(16,17)9-3-4-11(15)12-7-9/h3-4,7-8,10,13-14H,5-6H2,1-2H3,(H,12,15). The van der Waals surface area contributed by atoms with Gasteiger partial charge in [0.05, 0.1) is 4.90 Å². The monoisotopic (exact) mass is 274 g/mol. The number of aromatic nitrogens is 1. The van der Waals surface area contributed by atoms with Crippen LogP contribution in [0.5, 0.6) is 0 Å². The van der Waals surface area contributed by atoms with Crippen molar-refractivity contribution in [1.82, 2.24) is 9.71 Å². The average Bonchev–Trinajstić information content (AvgIpc) is 2.28. The number of nitrogens with one attached hydrogen (secondary N) is 2. The van der Waals surface area contributed by atoms with Crippen LogP contribution >= 0.6 is 0 Å². The first-order chi connectivity index (χ1) is 8.36. The van der Waals surface area contributed by atoms with Gasteiger partial charge in [0, 0.05) is 24.9 Å². The summed E-state index contributed by atoms with van der Waals surface area (Å²) in [7, 11) is -3.67. The number of aliphatic hydroxyl groups is 1. The van der Waals surface area contributed by atoms with Gasteiger partial charge in [0.25, 0.3) is 0 Å². The van der Waals surface area contributed by atoms with Gasteiger partial charge in [0.15, 0.2) is 0 Å². The minimum Gasteiger partial charge on any atom is -0.396 e. The molecule has 0 bridgehead atoms. The molecular weight excluding hydrogens is 256 g/mol. The predicted molar refractivity (Wildman–Crippen MR) is 67.7 cm³/mol. The highest BCUT2D eigenvalue weighted by molar-refractivity contribution is 7.89. The van der Waals surface area contributed by atoms with E-state index in [2.05, 4.69) is 9.71 Å². The van der Waals surface area contributed by atoms with Gasteiger partial charge in [-0.2, -0.15) is 0 Å². The molecule has 1 unspecified atom stereocenters. The Hall–Kier alpha value is -1.18. The second kappa shape index (κ2) is 6.12. The number of H-pyrrole nitrogens is 1. The van der Waals surface area contributed by atoms with Gasteiger partial charge < -0.3 is 10.1 Å². The third-order valence-corrected chi connectivity index (χ3v) is 4.10. The van der Waals surface area contributed by atoms with Gasteiger partial charge in [-0.25, -0.2) is 13.1 Å². The maximum Gasteiger partial charge on any atom is 0.247 e. The Labute approximate surface area is 106 Å². The molecule has 7 heteroatoms. The van der Waals surface area contributed by atoms with E-state index in [0.717, 1.165) is 12.3 Å². The molecule has 0 radical (unpaired) electrons. The molecule has 1 atom stereocenters. The van der Waals surface area contributed by atoms with Crippen LogP contribution in [0.1, 0.15) is 20.3 Å². The van der Waals surface area contributed by atoms with Crippen molar-refractivity contribution in [3.05, 3.63) is 28.7 Å². The topological polar surface area (TPSA) is 99.3 Å². The summed E-state index contributed by atoms with van der Waals surface area (Å²) in [6, 6.07) is 2.06. The molecule has 102 valence electrons. The first-order valence-corrected chi connectivity index (χ1v) is 7.17. The summed E-state index contributed by atoms with van der Waals surface area (Å²) in [5, 5.41) is 8.91. The fraction of sp³-hybridized carbons (Fsp3) is 0.545. The highest BCUT2D eigenvalue weighted by Crippen LogP contribution is 2.11. The molecule has 6 nitrogen and oxygen atoms in total. The molecule has 0 aliphatic carbocycles. The van der Waals surface area contributed by atoms with E-state index in [-0.39, 0.29) is 29.0 Å². The summed E-state index contributed by atoms with van der Waals surface area (Å²) >= 11 is 0. The fourth-order valence-corrected chi connectivity index (χ4v) is 2.88. The lowest BCUT2D eigenvalue weighted by Crippen LogP contribution is -2.39. The first kappa shape index (κ1) is 14.9. The fourth-order valence-electron chi connectivity index (χ4n) is 1.50. The summed E-state index contributed by atoms with van der Waals surface area (Å²) in [6.45, 7) is 3.66. The highest BCUT2D eigenvalue weighted by Gasteiger charge is 2.22. The lowest BCUT2D eigenvalue weighted by molar-refractivity contribution is 0.256. The second-order valence-corrected chi connectivity index (χ2v) is 6.09. The SMILES string of the molecule is CC(C)C(CCO)NS(=O)(=O)c1ccc(=O)[nH]c1. The largest absolute Gasteiger partial charge is 0.396 e. The molecule has 18 heavy (non-hydrogen) atoms. The molecule has 0 aromatic carbocycles. The van der Waals surface area contributed by atoms with Crippen LogP contribution in [0.25, 0.3) is 0 Å². The molecule has 0 aliphatic heterocycles. The number of hydrogen-bond donors (Lipinski definition) is 3. The Bertz CT molecular complexity index is 516. The normalized spacial score (nSPS) is 13.8. The number of pyridine rings is 1. The zero-order valence-corrected chi connectivity index (χ0v) is 11.2. The maximum absolute atomic E-state index is 12.0. The predicted octanol–water partition coefficient (Wildman–Crippen LogP) is 0.0602. The van der Waals surface area contributed by atoms with Crippen molar-refractivity contribution in [1.29, 1.82) is 0 Å². The summed E-state index contributed by atoms with van der Waals surface area (Å²) in [5.41, 5.74) is -0.357. The van der Waals surface area contributed by atoms with Crippen LogP contribution in [0.15, 0.2) is 28.0 Å². The lowest BCUT2D eigenvalue weighted by Gasteiger charge is -2.21. The van der Waals surface area contributed by atoms with Crippen molar-refractivity contribution in [3.63, 3.8) is 0 Å². The summed E-state index contributed by atoms with van der Waals surface area (Å²) in [6.07, 6.45) is 1.50. The molecule has 1 aromatic rings. The molecule has 0 saturated heterocycles. The lowest BCUT2D eigenvalue weighted by atomic mass is 10.0. The maximum atomic E-state index is 12.0. The van der Waals surface area contributed by atoms with E-state index in [0.29, 0.717) is 6.42 Å². The molecule has 0 amide bonds. The zero-order valence-electron chi connectivity index (χ0n) is 10.4. The second-order valence-electron chi connectivity index (χ2n) is 4.37. The third kappa shape index (κ3) is 3.94. The van der Waals surface area contributed by atoms with Crippen molar-refractivity contribution in [2.75, 3.05) is 6.61 Å². The van der Waals surface area contributed by atoms with Gasteiger partial charge in [-0.1, -0.05) is 13.8 Å². The van der Waals surface area contributed by atoms with Gasteiger partial charge in [-0.15, -0.1) is 0 Å². The Balaban J connectivity index is 2.93. The van der Waals surface area contributed by atoms with E-state index in [1.54, 1.807) is 0 Å². The quantitative estimate of drug-likeness (QED) is 0.683. The van der Waals surface area contributed by atoms with E-state index < -0.39 is 10.0 Å². The number of aromatic amines is 1. The van der Waals surface area contributed by atoms with Crippen molar-refractivity contribution in [3.8, 4) is 0 Å². The molecule has 1 rings (SSSR count). The van der Waals surface area contributed by atoms with Crippen molar-refractivity contribution in [2.24, 2.45) is 5.92 Å². The molecule has 1 heterocycles. The Kier molecular flexibility index (Phi) is 5.06. The van der Waals surface area contributed by atoms with Crippen LogP contribution < -0.4 is 10.3 Å². The van der Waals surface area contributed by atoms with Crippen LogP contribution in [-0.2, 0) is 10.0 Å². The molecule has 0 aliphatic rings. The zero-order chi connectivity index (χ0) is 13.8. The van der Waals surface area contributed by atoms with Crippen LogP contribution in [0.4, 0.5) is 0 Å². The average molecular weight is 274 g/mol. The van der Waals surface area contributed by atoms with Gasteiger partial charge >= 0.3 is 0 Å². The highest BCUT2D eigenvalue weighted by atomic mass is 32.2. The number of sulfonamides is 1. The van der Waals surface area contributed by atoms with Gasteiger partial charge in [-0.05, 0) is 18.4 Å². The van der Waals surface area contributed by atoms with Gasteiger partial charge in [-0.3, -0.25) is 4.79 Å². The molecule has 0 spiro atoms. The molecule has 1 aromatic heterocycles. The van der Waals surface area contributed by atoms with Gasteiger partial charge in [0.1, 0.15) is 0 Å². The molecular formula is C11H18N2O4S. The summed E-state index contributed by atoms with van der Waals surface area (Å²) < 4.78 is 26.6. The van der Waals surface area contributed by atoms with E-state index in [4.69, 9.17) is 5.11 Å². The van der Waals surface area contributed by atoms with Crippen molar-refractivity contribution in [2.45, 2.75) is 31.2 Å². The minimum absolute atomic E-state index is 0.00527. The number of aliphatic hydroxyl groups excluding tert-OH is 1. The first-order valence-electron chi connectivity index (χ1n) is 5.68. The molecule has 0 saturated carbocycles. The van der Waals surface area contributed by atoms with E-state index >= 15 is 0 Å². The van der Waals surface area contributed by atoms with Crippen molar-refractivity contribution < 1.29 is 13.5 Å². The number of hydrogen-bond acceptors (Lipinski definition) is 4. The van der Waals surface area contributed by atoms with Crippen molar-refractivity contribution >= 4 is 10.0 Å². The van der Waals surface area contributed by atoms with Gasteiger partial charge in [0.2, 0.25) is 15.6 Å². The Morgan fingerprint density at radius 1 is 1.39 bits per heavy atom. The van der Waals surface area contributed by atoms with Crippen LogP contribution in [0, 0.1) is 5.92 Å². The smallest absolute Gasteiger partial charge is 0.247 e. The Morgan fingerprint density at radius 2 is 2.06 bits per heavy atom. The summed E-state index contributed by atoms with van der Waals surface area (Å²) in [4.78, 5) is 13.2. The van der Waals surface area contributed by atoms with E-state index in [1.165, 1.54) is 6.07 Å². The number of rotatable bonds is 6. The molecule has 3 N–H and O–H groups in total. The van der Waals surface area contributed by atoms with Crippen LogP contribution in [0.3, 0.4) is 0 Å². The van der Waals surface area contributed by atoms with Crippen LogP contribution in [0.2, 0.25) is 0 Å².